The number of hydrogen-bond acceptors (Lipinski definition) is 5. The Morgan fingerprint density at radius 1 is 1.07 bits per heavy atom. The second kappa shape index (κ2) is 7.69. The number of aliphatic hydroxyl groups is 1. The summed E-state index contributed by atoms with van der Waals surface area (Å²) in [6, 6.07) is 17.1. The lowest BCUT2D eigenvalue weighted by Gasteiger charge is -2.29. The van der Waals surface area contributed by atoms with Crippen molar-refractivity contribution >= 4 is 33.4 Å². The minimum absolute atomic E-state index is 0.359. The van der Waals surface area contributed by atoms with Crippen molar-refractivity contribution in [1.29, 1.82) is 0 Å². The Kier molecular flexibility index (Phi) is 5.49. The van der Waals surface area contributed by atoms with Crippen molar-refractivity contribution in [2.45, 2.75) is 31.3 Å². The fraction of sp³-hybridized carbons (Fsp3) is 0.286. The molecule has 1 amide bonds. The van der Waals surface area contributed by atoms with E-state index in [0.717, 1.165) is 27.7 Å². The van der Waals surface area contributed by atoms with Gasteiger partial charge in [0.05, 0.1) is 27.2 Å². The van der Waals surface area contributed by atoms with Crippen LogP contribution in [0.5, 0.6) is 0 Å². The quantitative estimate of drug-likeness (QED) is 0.568. The van der Waals surface area contributed by atoms with Crippen LogP contribution in [0.3, 0.4) is 0 Å². The molecular weight excluding hydrogens is 376 g/mol. The molecule has 7 heteroatoms. The summed E-state index contributed by atoms with van der Waals surface area (Å²) in [6.07, 6.45) is 0.359. The highest BCUT2D eigenvalue weighted by Crippen LogP contribution is 2.32. The lowest BCUT2D eigenvalue weighted by Crippen LogP contribution is -2.51. The molecular formula is C21H22N2O4S. The van der Waals surface area contributed by atoms with Crippen molar-refractivity contribution in [2.24, 2.45) is 0 Å². The van der Waals surface area contributed by atoms with Gasteiger partial charge in [0.1, 0.15) is 0 Å². The number of nitrogens with one attached hydrogen (secondary N) is 1. The number of carbonyl (C=O) groups excluding carboxylic acids is 1. The predicted molar refractivity (Wildman–Crippen MR) is 108 cm³/mol. The Hall–Kier alpha value is -2.77. The molecule has 0 saturated heterocycles. The van der Waals surface area contributed by atoms with Crippen LogP contribution in [0.1, 0.15) is 24.4 Å². The molecule has 6 nitrogen and oxygen atoms in total. The number of amides is 1. The fourth-order valence-corrected chi connectivity index (χ4v) is 4.06. The highest BCUT2D eigenvalue weighted by atomic mass is 32.1. The monoisotopic (exact) mass is 398 g/mol. The number of fused-ring (bicyclic) bond motifs is 1. The van der Waals surface area contributed by atoms with E-state index >= 15 is 0 Å². The zero-order valence-electron chi connectivity index (χ0n) is 15.7. The number of nitrogens with zero attached hydrogens (tertiary/aromatic N) is 1. The highest BCUT2D eigenvalue weighted by Gasteiger charge is 2.38. The van der Waals surface area contributed by atoms with Gasteiger partial charge in [-0.3, -0.25) is 4.79 Å². The van der Waals surface area contributed by atoms with Gasteiger partial charge in [0.2, 0.25) is 5.91 Å². The zero-order chi connectivity index (χ0) is 20.4. The predicted octanol–water partition coefficient (Wildman–Crippen LogP) is 2.75. The van der Waals surface area contributed by atoms with Gasteiger partial charge < -0.3 is 15.5 Å². The minimum Gasteiger partial charge on any atom is -0.479 e. The fourth-order valence-electron chi connectivity index (χ4n) is 2.94. The van der Waals surface area contributed by atoms with Gasteiger partial charge in [0.15, 0.2) is 5.60 Å². The third kappa shape index (κ3) is 4.05. The lowest BCUT2D eigenvalue weighted by molar-refractivity contribution is -0.156. The third-order valence-electron chi connectivity index (χ3n) is 4.81. The van der Waals surface area contributed by atoms with Gasteiger partial charge in [-0.05, 0) is 31.5 Å². The molecule has 0 saturated carbocycles. The normalized spacial score (nSPS) is 15.5. The molecule has 28 heavy (non-hydrogen) atoms. The van der Waals surface area contributed by atoms with Crippen LogP contribution in [0, 0.1) is 0 Å². The van der Waals surface area contributed by atoms with Crippen LogP contribution in [0.25, 0.3) is 10.2 Å². The Morgan fingerprint density at radius 2 is 1.71 bits per heavy atom. The Morgan fingerprint density at radius 3 is 2.36 bits per heavy atom. The highest BCUT2D eigenvalue weighted by molar-refractivity contribution is 7.18. The molecule has 2 unspecified atom stereocenters. The van der Waals surface area contributed by atoms with Crippen molar-refractivity contribution in [2.75, 3.05) is 6.54 Å². The van der Waals surface area contributed by atoms with Crippen LogP contribution in [-0.4, -0.2) is 39.2 Å². The maximum absolute atomic E-state index is 13.1. The molecule has 1 heterocycles. The number of aliphatic carboxylic acids is 1. The van der Waals surface area contributed by atoms with Crippen LogP contribution in [0.4, 0.5) is 0 Å². The van der Waals surface area contributed by atoms with Gasteiger partial charge in [-0.15, -0.1) is 11.3 Å². The van der Waals surface area contributed by atoms with Gasteiger partial charge in [-0.25, -0.2) is 9.78 Å². The first-order valence-corrected chi connectivity index (χ1v) is 9.68. The second-order valence-electron chi connectivity index (χ2n) is 7.21. The van der Waals surface area contributed by atoms with E-state index < -0.39 is 17.0 Å². The van der Waals surface area contributed by atoms with Crippen molar-refractivity contribution in [3.05, 3.63) is 65.2 Å². The first kappa shape index (κ1) is 20.0. The SMILES string of the molecule is CC(O)(CNC(=O)C(C)(Cc1nc2ccccc2s1)c1ccccc1)C(=O)O. The summed E-state index contributed by atoms with van der Waals surface area (Å²) in [6.45, 7) is 2.58. The number of thiazole rings is 1. The molecule has 0 radical (unpaired) electrons. The van der Waals surface area contributed by atoms with Crippen molar-refractivity contribution < 1.29 is 19.8 Å². The van der Waals surface area contributed by atoms with Crippen LogP contribution in [-0.2, 0) is 21.4 Å². The van der Waals surface area contributed by atoms with E-state index in [9.17, 15) is 14.7 Å². The summed E-state index contributed by atoms with van der Waals surface area (Å²) in [5.41, 5.74) is -1.33. The lowest BCUT2D eigenvalue weighted by atomic mass is 9.78. The number of para-hydroxylation sites is 1. The molecule has 1 aromatic heterocycles. The average Bonchev–Trinajstić information content (AvgIpc) is 3.08. The van der Waals surface area contributed by atoms with E-state index in [4.69, 9.17) is 5.11 Å². The Bertz CT molecular complexity index is 967. The number of carboxylic acid groups (broad SMARTS) is 1. The molecule has 3 aromatic rings. The van der Waals surface area contributed by atoms with Crippen molar-refractivity contribution in [1.82, 2.24) is 10.3 Å². The second-order valence-corrected chi connectivity index (χ2v) is 8.33. The molecule has 3 N–H and O–H groups in total. The topological polar surface area (TPSA) is 99.5 Å². The Labute approximate surface area is 166 Å². The number of benzene rings is 2. The zero-order valence-corrected chi connectivity index (χ0v) is 16.5. The molecule has 2 aromatic carbocycles. The number of carboxylic acids is 1. The van der Waals surface area contributed by atoms with E-state index in [-0.39, 0.29) is 12.5 Å². The van der Waals surface area contributed by atoms with Crippen LogP contribution < -0.4 is 5.32 Å². The van der Waals surface area contributed by atoms with Gasteiger partial charge in [0.25, 0.3) is 0 Å². The standard InChI is InChI=1S/C21H22N2O4S/c1-20(14-8-4-3-5-9-14,18(24)22-13-21(2,27)19(25)26)12-17-23-15-10-6-7-11-16(15)28-17/h3-11,27H,12-13H2,1-2H3,(H,22,24)(H,25,26). The number of carbonyl (C=O) groups is 2. The van der Waals surface area contributed by atoms with E-state index in [1.165, 1.54) is 11.3 Å². The molecule has 0 aliphatic carbocycles. The largest absolute Gasteiger partial charge is 0.479 e. The molecule has 0 fully saturated rings. The number of hydrogen-bond donors (Lipinski definition) is 3. The third-order valence-corrected chi connectivity index (χ3v) is 5.85. The van der Waals surface area contributed by atoms with E-state index in [2.05, 4.69) is 10.3 Å². The van der Waals surface area contributed by atoms with Crippen molar-refractivity contribution in [3.63, 3.8) is 0 Å². The average molecular weight is 398 g/mol. The summed E-state index contributed by atoms with van der Waals surface area (Å²) < 4.78 is 1.04. The van der Waals surface area contributed by atoms with E-state index in [1.54, 1.807) is 6.92 Å². The first-order valence-electron chi connectivity index (χ1n) is 8.86. The summed E-state index contributed by atoms with van der Waals surface area (Å²) in [5.74, 6) is -1.75. The summed E-state index contributed by atoms with van der Waals surface area (Å²) in [5, 5.41) is 22.4. The maximum atomic E-state index is 13.1. The Balaban J connectivity index is 1.91. The molecule has 0 spiro atoms. The van der Waals surface area contributed by atoms with Crippen LogP contribution in [0.15, 0.2) is 54.6 Å². The first-order chi connectivity index (χ1) is 13.2. The van der Waals surface area contributed by atoms with Gasteiger partial charge in [-0.2, -0.15) is 0 Å². The van der Waals surface area contributed by atoms with Crippen molar-refractivity contribution in [3.8, 4) is 0 Å². The molecule has 3 rings (SSSR count). The van der Waals surface area contributed by atoms with Gasteiger partial charge >= 0.3 is 5.97 Å². The number of aromatic nitrogens is 1. The summed E-state index contributed by atoms with van der Waals surface area (Å²) in [4.78, 5) is 28.9. The van der Waals surface area contributed by atoms with Crippen LogP contribution >= 0.6 is 11.3 Å². The molecule has 0 aliphatic rings. The summed E-state index contributed by atoms with van der Waals surface area (Å²) in [7, 11) is 0. The molecule has 146 valence electrons. The van der Waals surface area contributed by atoms with Gasteiger partial charge in [0, 0.05) is 6.42 Å². The van der Waals surface area contributed by atoms with Crippen LogP contribution in [0.2, 0.25) is 0 Å². The minimum atomic E-state index is -2.04. The van der Waals surface area contributed by atoms with E-state index in [0.29, 0.717) is 6.42 Å². The summed E-state index contributed by atoms with van der Waals surface area (Å²) >= 11 is 1.53. The van der Waals surface area contributed by atoms with E-state index in [1.807, 2.05) is 54.6 Å². The molecule has 0 bridgehead atoms. The maximum Gasteiger partial charge on any atom is 0.337 e. The molecule has 0 aliphatic heterocycles. The molecule has 2 atom stereocenters. The smallest absolute Gasteiger partial charge is 0.337 e. The number of rotatable bonds is 7. The van der Waals surface area contributed by atoms with Gasteiger partial charge in [-0.1, -0.05) is 42.5 Å².